The predicted octanol–water partition coefficient (Wildman–Crippen LogP) is 1.17. The van der Waals surface area contributed by atoms with Gasteiger partial charge in [-0.25, -0.2) is 0 Å². The first kappa shape index (κ1) is 30.5. The third-order valence-electron chi connectivity index (χ3n) is 9.93. The lowest BCUT2D eigenvalue weighted by Gasteiger charge is -2.71. The van der Waals surface area contributed by atoms with Crippen molar-refractivity contribution < 1.29 is 34.4 Å². The van der Waals surface area contributed by atoms with E-state index < -0.39 is 63.6 Å². The maximum atomic E-state index is 13.9. The van der Waals surface area contributed by atoms with Crippen molar-refractivity contribution in [3.05, 3.63) is 12.7 Å². The number of hydrogen-bond donors (Lipinski definition) is 3. The number of carbonyl (C=O) groups excluding carboxylic acids is 2. The standard InChI is InChI=1S/C27H44N2O7.ClH/c1-8-24(4)15-18(31)27(34)25(5)17(30)9-10-23(2,3)21(25)20(33)22(26(27,6)36-24)35-19(32)16-29-13-11-28(7)12-14-29;/h8,17,20-22,30,33-34H,1,9-16H2,2-7H3;1H/t17-,20?,21?,22?,24-,25?,26+,27-;/m0./s1. The summed E-state index contributed by atoms with van der Waals surface area (Å²) in [6.45, 7) is 15.7. The smallest absolute Gasteiger partial charge is 0.320 e. The van der Waals surface area contributed by atoms with Crippen LogP contribution >= 0.6 is 12.4 Å². The second-order valence-corrected chi connectivity index (χ2v) is 12.8. The molecule has 2 aliphatic heterocycles. The van der Waals surface area contributed by atoms with Gasteiger partial charge in [0.1, 0.15) is 5.60 Å². The van der Waals surface area contributed by atoms with Crippen molar-refractivity contribution in [2.45, 2.75) is 89.0 Å². The number of carbonyl (C=O) groups is 2. The highest BCUT2D eigenvalue weighted by atomic mass is 35.5. The van der Waals surface area contributed by atoms with Crippen molar-refractivity contribution in [2.75, 3.05) is 39.8 Å². The molecule has 9 nitrogen and oxygen atoms in total. The van der Waals surface area contributed by atoms with E-state index in [1.54, 1.807) is 13.8 Å². The zero-order chi connectivity index (χ0) is 26.9. The monoisotopic (exact) mass is 544 g/mol. The molecule has 2 heterocycles. The number of fused-ring (bicyclic) bond motifs is 3. The van der Waals surface area contributed by atoms with Crippen LogP contribution in [-0.2, 0) is 19.1 Å². The van der Waals surface area contributed by atoms with Gasteiger partial charge in [-0.05, 0) is 39.2 Å². The Morgan fingerprint density at radius 2 is 1.76 bits per heavy atom. The molecule has 2 saturated carbocycles. The molecule has 0 bridgehead atoms. The van der Waals surface area contributed by atoms with Gasteiger partial charge in [0.2, 0.25) is 0 Å². The zero-order valence-electron chi connectivity index (χ0n) is 23.0. The van der Waals surface area contributed by atoms with Crippen molar-refractivity contribution in [1.82, 2.24) is 9.80 Å². The van der Waals surface area contributed by atoms with Crippen molar-refractivity contribution in [3.63, 3.8) is 0 Å². The van der Waals surface area contributed by atoms with Crippen LogP contribution in [-0.4, -0.2) is 112 Å². The number of likely N-dealkylation sites (N-methyl/N-ethyl adjacent to an activating group) is 1. The molecular weight excluding hydrogens is 500 g/mol. The summed E-state index contributed by atoms with van der Waals surface area (Å²) in [5, 5.41) is 35.7. The SMILES string of the molecule is C=C[C@@]1(C)CC(=O)[C@]2(O)C3(C)C(C(O)C(OC(=O)CN4CCN(C)CC4)[C@@]2(C)O1)C(C)(C)CC[C@@H]3O.Cl. The summed E-state index contributed by atoms with van der Waals surface area (Å²) >= 11 is 0. The van der Waals surface area contributed by atoms with Crippen LogP contribution in [0.15, 0.2) is 12.7 Å². The van der Waals surface area contributed by atoms with Gasteiger partial charge in [0.05, 0.1) is 24.4 Å². The molecule has 0 amide bonds. The molecule has 4 rings (SSSR count). The first-order valence-corrected chi connectivity index (χ1v) is 13.1. The maximum Gasteiger partial charge on any atom is 0.320 e. The summed E-state index contributed by atoms with van der Waals surface area (Å²) in [6, 6.07) is 0. The second-order valence-electron chi connectivity index (χ2n) is 12.8. The highest BCUT2D eigenvalue weighted by Crippen LogP contribution is 2.67. The number of hydrogen-bond acceptors (Lipinski definition) is 9. The second kappa shape index (κ2) is 9.84. The van der Waals surface area contributed by atoms with E-state index in [9.17, 15) is 24.9 Å². The quantitative estimate of drug-likeness (QED) is 0.354. The summed E-state index contributed by atoms with van der Waals surface area (Å²) in [7, 11) is 2.03. The summed E-state index contributed by atoms with van der Waals surface area (Å²) in [5.74, 6) is -1.78. The molecule has 2 aliphatic carbocycles. The molecular formula is C27H45ClN2O7. The Kier molecular flexibility index (Phi) is 8.10. The Balaban J connectivity index is 0.00000380. The van der Waals surface area contributed by atoms with E-state index in [1.165, 1.54) is 13.0 Å². The molecule has 3 N–H and O–H groups in total. The van der Waals surface area contributed by atoms with Crippen LogP contribution in [0.4, 0.5) is 0 Å². The lowest BCUT2D eigenvalue weighted by Crippen LogP contribution is -2.86. The number of ether oxygens (including phenoxy) is 2. The van der Waals surface area contributed by atoms with Gasteiger partial charge in [-0.1, -0.05) is 26.8 Å². The van der Waals surface area contributed by atoms with Crippen LogP contribution in [0.2, 0.25) is 0 Å². The van der Waals surface area contributed by atoms with E-state index in [0.717, 1.165) is 13.1 Å². The van der Waals surface area contributed by atoms with Gasteiger partial charge in [0, 0.05) is 43.9 Å². The van der Waals surface area contributed by atoms with Crippen LogP contribution in [0.3, 0.4) is 0 Å². The lowest BCUT2D eigenvalue weighted by molar-refractivity contribution is -0.370. The normalized spacial score (nSPS) is 46.2. The third-order valence-corrected chi connectivity index (χ3v) is 9.93. The number of rotatable bonds is 4. The number of aliphatic hydroxyl groups is 3. The van der Waals surface area contributed by atoms with Gasteiger partial charge < -0.3 is 29.7 Å². The summed E-state index contributed by atoms with van der Waals surface area (Å²) in [6.07, 6.45) is -1.35. The summed E-state index contributed by atoms with van der Waals surface area (Å²) in [4.78, 5) is 31.3. The average molecular weight is 545 g/mol. The van der Waals surface area contributed by atoms with E-state index in [4.69, 9.17) is 9.47 Å². The number of esters is 1. The van der Waals surface area contributed by atoms with Crippen molar-refractivity contribution in [3.8, 4) is 0 Å². The predicted molar refractivity (Wildman–Crippen MR) is 140 cm³/mol. The molecule has 0 spiro atoms. The third kappa shape index (κ3) is 4.39. The van der Waals surface area contributed by atoms with Crippen LogP contribution in [0.1, 0.15) is 53.9 Å². The molecule has 2 saturated heterocycles. The van der Waals surface area contributed by atoms with Crippen molar-refractivity contribution in [2.24, 2.45) is 16.7 Å². The summed E-state index contributed by atoms with van der Waals surface area (Å²) in [5.41, 5.74) is -7.14. The van der Waals surface area contributed by atoms with Crippen LogP contribution < -0.4 is 0 Å². The van der Waals surface area contributed by atoms with E-state index >= 15 is 0 Å². The Morgan fingerprint density at radius 1 is 1.16 bits per heavy atom. The molecule has 0 radical (unpaired) electrons. The van der Waals surface area contributed by atoms with Crippen molar-refractivity contribution in [1.29, 1.82) is 0 Å². The lowest BCUT2D eigenvalue weighted by atomic mass is 9.40. The Morgan fingerprint density at radius 3 is 2.32 bits per heavy atom. The largest absolute Gasteiger partial charge is 0.455 e. The fraction of sp³-hybridized carbons (Fsp3) is 0.852. The average Bonchev–Trinajstić information content (AvgIpc) is 2.79. The van der Waals surface area contributed by atoms with Gasteiger partial charge in [0.15, 0.2) is 17.5 Å². The molecule has 212 valence electrons. The van der Waals surface area contributed by atoms with E-state index in [1.807, 2.05) is 25.8 Å². The number of aliphatic hydroxyl groups excluding tert-OH is 2. The first-order chi connectivity index (χ1) is 16.6. The van der Waals surface area contributed by atoms with Gasteiger partial charge >= 0.3 is 5.97 Å². The van der Waals surface area contributed by atoms with Gasteiger partial charge in [0.25, 0.3) is 0 Å². The molecule has 0 aromatic heterocycles. The topological polar surface area (TPSA) is 120 Å². The minimum Gasteiger partial charge on any atom is -0.455 e. The maximum absolute atomic E-state index is 13.9. The molecule has 0 aromatic rings. The molecule has 4 unspecified atom stereocenters. The Hall–Kier alpha value is -1.07. The number of nitrogens with zero attached hydrogens (tertiary/aromatic N) is 2. The van der Waals surface area contributed by atoms with Crippen LogP contribution in [0, 0.1) is 16.7 Å². The van der Waals surface area contributed by atoms with Gasteiger partial charge in [-0.2, -0.15) is 0 Å². The minimum atomic E-state index is -2.21. The number of Topliss-reactive ketones (excluding diaryl/α,β-unsaturated/α-hetero) is 1. The Bertz CT molecular complexity index is 924. The fourth-order valence-electron chi connectivity index (χ4n) is 7.85. The highest BCUT2D eigenvalue weighted by molar-refractivity contribution is 5.92. The molecule has 4 aliphatic rings. The van der Waals surface area contributed by atoms with Gasteiger partial charge in [-0.15, -0.1) is 19.0 Å². The minimum absolute atomic E-state index is 0. The molecule has 8 atom stereocenters. The molecule has 37 heavy (non-hydrogen) atoms. The molecule has 0 aromatic carbocycles. The van der Waals surface area contributed by atoms with Gasteiger partial charge in [-0.3, -0.25) is 14.5 Å². The van der Waals surface area contributed by atoms with E-state index in [2.05, 4.69) is 11.5 Å². The van der Waals surface area contributed by atoms with Crippen molar-refractivity contribution >= 4 is 24.2 Å². The van der Waals surface area contributed by atoms with Crippen LogP contribution in [0.5, 0.6) is 0 Å². The summed E-state index contributed by atoms with van der Waals surface area (Å²) < 4.78 is 12.4. The van der Waals surface area contributed by atoms with Crippen LogP contribution in [0.25, 0.3) is 0 Å². The number of halogens is 1. The molecule has 10 heteroatoms. The fourth-order valence-corrected chi connectivity index (χ4v) is 7.85. The first-order valence-electron chi connectivity index (χ1n) is 13.1. The van der Waals surface area contributed by atoms with E-state index in [0.29, 0.717) is 25.9 Å². The number of ketones is 1. The molecule has 4 fully saturated rings. The van der Waals surface area contributed by atoms with E-state index in [-0.39, 0.29) is 25.4 Å². The highest BCUT2D eigenvalue weighted by Gasteiger charge is 2.81. The number of piperazine rings is 1. The Labute approximate surface area is 226 Å². The zero-order valence-corrected chi connectivity index (χ0v) is 23.8.